The highest BCUT2D eigenvalue weighted by molar-refractivity contribution is 8.03. The van der Waals surface area contributed by atoms with Crippen molar-refractivity contribution in [1.82, 2.24) is 19.9 Å². The van der Waals surface area contributed by atoms with E-state index in [0.29, 0.717) is 27.2 Å². The Bertz CT molecular complexity index is 821. The van der Waals surface area contributed by atoms with Crippen LogP contribution >= 0.6 is 11.8 Å². The zero-order chi connectivity index (χ0) is 19.2. The van der Waals surface area contributed by atoms with Crippen LogP contribution in [0.2, 0.25) is 0 Å². The van der Waals surface area contributed by atoms with Crippen molar-refractivity contribution in [2.24, 2.45) is 0 Å². The van der Waals surface area contributed by atoms with Gasteiger partial charge in [-0.15, -0.1) is 0 Å². The van der Waals surface area contributed by atoms with Crippen LogP contribution in [0.4, 0.5) is 14.7 Å². The third-order valence-corrected chi connectivity index (χ3v) is 4.50. The van der Waals surface area contributed by atoms with Crippen molar-refractivity contribution < 1.29 is 8.78 Å². The van der Waals surface area contributed by atoms with Gasteiger partial charge >= 0.3 is 0 Å². The molecular formula is C18H23F2N5S. The number of aromatic amines is 1. The summed E-state index contributed by atoms with van der Waals surface area (Å²) in [7, 11) is 0. The number of H-pyrrole nitrogens is 1. The van der Waals surface area contributed by atoms with Crippen LogP contribution in [0, 0.1) is 0 Å². The van der Waals surface area contributed by atoms with Crippen LogP contribution in [0.1, 0.15) is 33.6 Å². The molecule has 2 aromatic rings. The van der Waals surface area contributed by atoms with Gasteiger partial charge in [-0.1, -0.05) is 43.8 Å². The van der Waals surface area contributed by atoms with Crippen LogP contribution in [0.25, 0.3) is 11.3 Å². The molecule has 0 amide bonds. The number of unbranched alkanes of at least 4 members (excludes halogenated alkanes) is 1. The van der Waals surface area contributed by atoms with Gasteiger partial charge in [0.05, 0.1) is 6.20 Å². The Hall–Kier alpha value is -2.22. The number of imidazole rings is 1. The molecule has 0 aliphatic rings. The lowest BCUT2D eigenvalue weighted by Crippen LogP contribution is -2.13. The van der Waals surface area contributed by atoms with Gasteiger partial charge in [0.2, 0.25) is 5.95 Å². The van der Waals surface area contributed by atoms with E-state index in [1.54, 1.807) is 18.2 Å². The Labute approximate surface area is 156 Å². The molecule has 5 nitrogen and oxygen atoms in total. The van der Waals surface area contributed by atoms with Crippen LogP contribution in [0.15, 0.2) is 46.5 Å². The normalized spacial score (nSPS) is 12.9. The van der Waals surface area contributed by atoms with E-state index in [0.717, 1.165) is 38.1 Å². The van der Waals surface area contributed by atoms with Crippen molar-refractivity contribution in [3.63, 3.8) is 0 Å². The van der Waals surface area contributed by atoms with Gasteiger partial charge in [0.15, 0.2) is 11.3 Å². The zero-order valence-electron chi connectivity index (χ0n) is 15.1. The molecule has 0 bridgehead atoms. The highest BCUT2D eigenvalue weighted by Gasteiger charge is 2.29. The van der Waals surface area contributed by atoms with Gasteiger partial charge in [0.1, 0.15) is 5.03 Å². The van der Waals surface area contributed by atoms with Crippen molar-refractivity contribution in [3.8, 4) is 0 Å². The Morgan fingerprint density at radius 1 is 1.42 bits per heavy atom. The number of hydrogen-bond donors (Lipinski definition) is 2. The molecule has 26 heavy (non-hydrogen) atoms. The molecule has 0 atom stereocenters. The van der Waals surface area contributed by atoms with Gasteiger partial charge < -0.3 is 10.3 Å². The van der Waals surface area contributed by atoms with E-state index in [1.807, 2.05) is 6.92 Å². The Balaban J connectivity index is 2.23. The van der Waals surface area contributed by atoms with E-state index >= 15 is 0 Å². The number of nitrogens with one attached hydrogen (secondary N) is 2. The van der Waals surface area contributed by atoms with Crippen molar-refractivity contribution >= 4 is 29.0 Å². The first-order valence-corrected chi connectivity index (χ1v) is 9.21. The van der Waals surface area contributed by atoms with Gasteiger partial charge in [-0.2, -0.15) is 4.98 Å². The second-order valence-electron chi connectivity index (χ2n) is 5.77. The van der Waals surface area contributed by atoms with Gasteiger partial charge in [-0.25, -0.2) is 18.7 Å². The van der Waals surface area contributed by atoms with E-state index < -0.39 is 5.92 Å². The molecule has 0 aliphatic carbocycles. The lowest BCUT2D eigenvalue weighted by molar-refractivity contribution is 0.0675. The summed E-state index contributed by atoms with van der Waals surface area (Å²) in [6, 6.07) is 0. The van der Waals surface area contributed by atoms with E-state index in [4.69, 9.17) is 0 Å². The number of rotatable bonds is 9. The molecule has 140 valence electrons. The summed E-state index contributed by atoms with van der Waals surface area (Å²) >= 11 is 1.10. The fourth-order valence-corrected chi connectivity index (χ4v) is 2.92. The van der Waals surface area contributed by atoms with Gasteiger partial charge in [-0.05, 0) is 19.4 Å². The van der Waals surface area contributed by atoms with Crippen molar-refractivity contribution in [1.29, 1.82) is 0 Å². The number of allylic oxidation sites excluding steroid dienone is 4. The summed E-state index contributed by atoms with van der Waals surface area (Å²) in [5.41, 5.74) is 0.731. The van der Waals surface area contributed by atoms with Crippen LogP contribution in [0.5, 0.6) is 0 Å². The maximum absolute atomic E-state index is 13.7. The van der Waals surface area contributed by atoms with Gasteiger partial charge in [0.25, 0.3) is 5.92 Å². The quantitative estimate of drug-likeness (QED) is 0.350. The summed E-state index contributed by atoms with van der Waals surface area (Å²) in [4.78, 5) is 16.4. The lowest BCUT2D eigenvalue weighted by Gasteiger charge is -2.16. The molecule has 0 radical (unpaired) electrons. The highest BCUT2D eigenvalue weighted by Crippen LogP contribution is 2.37. The predicted octanol–water partition coefficient (Wildman–Crippen LogP) is 5.33. The molecule has 2 rings (SSSR count). The fraction of sp³-hybridized carbons (Fsp3) is 0.389. The first-order chi connectivity index (χ1) is 12.3. The molecule has 8 heteroatoms. The largest absolute Gasteiger partial charge is 0.356 e. The van der Waals surface area contributed by atoms with Crippen LogP contribution in [0.3, 0.4) is 0 Å². The SMILES string of the molecule is C=C(/C(=C\C=C/C)Sc1cnc2nc(NCCCC)[nH]c2n1)C(C)(F)F. The van der Waals surface area contributed by atoms with E-state index in [1.165, 1.54) is 6.20 Å². The topological polar surface area (TPSA) is 66.5 Å². The van der Waals surface area contributed by atoms with Gasteiger partial charge in [0, 0.05) is 23.9 Å². The van der Waals surface area contributed by atoms with E-state index in [-0.39, 0.29) is 5.57 Å². The summed E-state index contributed by atoms with van der Waals surface area (Å²) < 4.78 is 27.3. The second-order valence-corrected chi connectivity index (χ2v) is 6.83. The molecule has 0 spiro atoms. The maximum Gasteiger partial charge on any atom is 0.271 e. The standard InChI is InChI=1S/C18H23F2N5S/c1-5-7-9-13(12(3)18(4,19)20)26-14-11-22-15-16(23-14)25-17(24-15)21-10-8-6-2/h5,7,9,11H,3,6,8,10H2,1-2,4H3,(H2,21,22,23,24,25)/b7-5-,13-9+. The monoisotopic (exact) mass is 379 g/mol. The summed E-state index contributed by atoms with van der Waals surface area (Å²) in [6.45, 7) is 9.09. The highest BCUT2D eigenvalue weighted by atomic mass is 32.2. The third kappa shape index (κ3) is 5.39. The first kappa shape index (κ1) is 20.1. The number of anilines is 1. The first-order valence-electron chi connectivity index (χ1n) is 8.40. The smallest absolute Gasteiger partial charge is 0.271 e. The average Bonchev–Trinajstić information content (AvgIpc) is 2.99. The lowest BCUT2D eigenvalue weighted by atomic mass is 10.1. The molecule has 0 saturated carbocycles. The summed E-state index contributed by atoms with van der Waals surface area (Å²) in [5.74, 6) is -2.41. The summed E-state index contributed by atoms with van der Waals surface area (Å²) in [6.07, 6.45) is 8.69. The average molecular weight is 379 g/mol. The second kappa shape index (κ2) is 8.93. The van der Waals surface area contributed by atoms with E-state index in [2.05, 4.69) is 38.8 Å². The minimum atomic E-state index is -3.01. The number of halogens is 2. The molecular weight excluding hydrogens is 356 g/mol. The number of thioether (sulfide) groups is 1. The molecule has 0 unspecified atom stereocenters. The number of fused-ring (bicyclic) bond motifs is 1. The molecule has 0 fully saturated rings. The molecule has 0 aromatic carbocycles. The predicted molar refractivity (Wildman–Crippen MR) is 104 cm³/mol. The van der Waals surface area contributed by atoms with Crippen molar-refractivity contribution in [2.45, 2.75) is 44.6 Å². The molecule has 2 aromatic heterocycles. The number of alkyl halides is 2. The molecule has 0 saturated heterocycles. The van der Waals surface area contributed by atoms with E-state index in [9.17, 15) is 8.78 Å². The Morgan fingerprint density at radius 2 is 2.19 bits per heavy atom. The molecule has 2 heterocycles. The van der Waals surface area contributed by atoms with Crippen LogP contribution in [-0.4, -0.2) is 32.4 Å². The number of nitrogens with zero attached hydrogens (tertiary/aromatic N) is 3. The Morgan fingerprint density at radius 3 is 2.85 bits per heavy atom. The molecule has 2 N–H and O–H groups in total. The number of hydrogen-bond acceptors (Lipinski definition) is 5. The fourth-order valence-electron chi connectivity index (χ4n) is 2.00. The minimum Gasteiger partial charge on any atom is -0.356 e. The Kier molecular flexibility index (Phi) is 6.90. The van der Waals surface area contributed by atoms with Gasteiger partial charge in [-0.3, -0.25) is 0 Å². The minimum absolute atomic E-state index is 0.256. The van der Waals surface area contributed by atoms with Crippen LogP contribution in [-0.2, 0) is 0 Å². The van der Waals surface area contributed by atoms with Crippen molar-refractivity contribution in [3.05, 3.63) is 41.5 Å². The molecule has 0 aliphatic heterocycles. The summed E-state index contributed by atoms with van der Waals surface area (Å²) in [5, 5.41) is 3.66. The van der Waals surface area contributed by atoms with Crippen molar-refractivity contribution in [2.75, 3.05) is 11.9 Å². The van der Waals surface area contributed by atoms with Crippen LogP contribution < -0.4 is 5.32 Å². The third-order valence-electron chi connectivity index (χ3n) is 3.49. The number of aromatic nitrogens is 4. The maximum atomic E-state index is 13.7. The zero-order valence-corrected chi connectivity index (χ0v) is 16.0.